The van der Waals surface area contributed by atoms with Crippen molar-refractivity contribution in [2.75, 3.05) is 13.2 Å². The van der Waals surface area contributed by atoms with E-state index in [-0.39, 0.29) is 6.10 Å². The Bertz CT molecular complexity index is 569. The van der Waals surface area contributed by atoms with Gasteiger partial charge in [-0.05, 0) is 18.6 Å². The number of rotatable bonds is 10. The zero-order chi connectivity index (χ0) is 18.1. The van der Waals surface area contributed by atoms with Crippen LogP contribution in [0, 0.1) is 0 Å². The number of aliphatic carboxylic acids is 1. The Morgan fingerprint density at radius 3 is 2.68 bits per heavy atom. The molecule has 0 saturated carbocycles. The minimum absolute atomic E-state index is 0.0275. The van der Waals surface area contributed by atoms with Gasteiger partial charge in [-0.1, -0.05) is 44.7 Å². The Labute approximate surface area is 152 Å². The van der Waals surface area contributed by atoms with E-state index in [4.69, 9.17) is 9.47 Å². The first-order valence-corrected chi connectivity index (χ1v) is 10.3. The summed E-state index contributed by atoms with van der Waals surface area (Å²) in [6.07, 6.45) is 5.94. The van der Waals surface area contributed by atoms with Crippen molar-refractivity contribution in [3.63, 3.8) is 0 Å². The summed E-state index contributed by atoms with van der Waals surface area (Å²) in [6, 6.07) is 7.10. The Morgan fingerprint density at radius 1 is 1.28 bits per heavy atom. The number of carboxylic acid groups (broad SMARTS) is 1. The third-order valence-electron chi connectivity index (χ3n) is 4.38. The molecule has 1 N–H and O–H groups in total. The van der Waals surface area contributed by atoms with Crippen molar-refractivity contribution in [1.82, 2.24) is 0 Å². The standard InChI is InChI=1S/C19H28O5S/c1-2-3-4-5-10-18(19(20)21)25(22)17-9-7-6-8-16(17)24-15-11-13-23-14-12-15/h6-9,15,18H,2-5,10-14H2,1H3,(H,20,21). The monoisotopic (exact) mass is 368 g/mol. The predicted octanol–water partition coefficient (Wildman–Crippen LogP) is 3.78. The maximum atomic E-state index is 12.9. The van der Waals surface area contributed by atoms with Crippen LogP contribution in [0.3, 0.4) is 0 Å². The van der Waals surface area contributed by atoms with Crippen molar-refractivity contribution in [3.05, 3.63) is 24.3 Å². The highest BCUT2D eigenvalue weighted by Crippen LogP contribution is 2.28. The summed E-state index contributed by atoms with van der Waals surface area (Å²) < 4.78 is 24.3. The Morgan fingerprint density at radius 2 is 2.00 bits per heavy atom. The maximum Gasteiger partial charge on any atom is 0.319 e. The second kappa shape index (κ2) is 10.6. The molecular weight excluding hydrogens is 340 g/mol. The third-order valence-corrected chi connectivity index (χ3v) is 6.11. The third kappa shape index (κ3) is 6.12. The van der Waals surface area contributed by atoms with Crippen LogP contribution in [0.2, 0.25) is 0 Å². The van der Waals surface area contributed by atoms with Crippen LogP contribution in [0.4, 0.5) is 0 Å². The number of carboxylic acids is 1. The Kier molecular flexibility index (Phi) is 8.41. The quantitative estimate of drug-likeness (QED) is 0.636. The molecule has 0 spiro atoms. The van der Waals surface area contributed by atoms with Gasteiger partial charge in [-0.3, -0.25) is 9.00 Å². The molecule has 1 aromatic rings. The van der Waals surface area contributed by atoms with Gasteiger partial charge < -0.3 is 14.6 Å². The Balaban J connectivity index is 2.08. The van der Waals surface area contributed by atoms with Crippen molar-refractivity contribution >= 4 is 16.8 Å². The highest BCUT2D eigenvalue weighted by molar-refractivity contribution is 7.86. The zero-order valence-electron chi connectivity index (χ0n) is 14.8. The molecule has 1 saturated heterocycles. The number of ether oxygens (including phenoxy) is 2. The molecule has 25 heavy (non-hydrogen) atoms. The van der Waals surface area contributed by atoms with Crippen LogP contribution in [0.5, 0.6) is 5.75 Å². The molecule has 2 unspecified atom stereocenters. The normalized spacial score (nSPS) is 17.8. The van der Waals surface area contributed by atoms with Crippen molar-refractivity contribution in [3.8, 4) is 5.75 Å². The molecular formula is C19H28O5S. The van der Waals surface area contributed by atoms with E-state index in [9.17, 15) is 14.1 Å². The van der Waals surface area contributed by atoms with Crippen LogP contribution in [-0.4, -0.2) is 39.9 Å². The van der Waals surface area contributed by atoms with E-state index in [1.54, 1.807) is 18.2 Å². The average Bonchev–Trinajstić information content (AvgIpc) is 2.62. The lowest BCUT2D eigenvalue weighted by Gasteiger charge is -2.24. The molecule has 0 aliphatic carbocycles. The van der Waals surface area contributed by atoms with Gasteiger partial charge in [-0.25, -0.2) is 0 Å². The molecule has 1 aromatic carbocycles. The molecule has 0 amide bonds. The van der Waals surface area contributed by atoms with Gasteiger partial charge in [0.15, 0.2) is 0 Å². The smallest absolute Gasteiger partial charge is 0.319 e. The minimum atomic E-state index is -1.63. The van der Waals surface area contributed by atoms with Gasteiger partial charge >= 0.3 is 5.97 Å². The fourth-order valence-corrected chi connectivity index (χ4v) is 4.32. The molecule has 1 aliphatic heterocycles. The predicted molar refractivity (Wildman–Crippen MR) is 97.5 cm³/mol. The molecule has 5 nitrogen and oxygen atoms in total. The van der Waals surface area contributed by atoms with Crippen molar-refractivity contribution in [2.45, 2.75) is 68.1 Å². The van der Waals surface area contributed by atoms with Crippen LogP contribution in [-0.2, 0) is 20.3 Å². The number of unbranched alkanes of at least 4 members (excludes halogenated alkanes) is 3. The molecule has 140 valence electrons. The van der Waals surface area contributed by atoms with E-state index in [1.165, 1.54) is 0 Å². The van der Waals surface area contributed by atoms with Crippen molar-refractivity contribution in [1.29, 1.82) is 0 Å². The van der Waals surface area contributed by atoms with Crippen LogP contribution >= 0.6 is 0 Å². The highest BCUT2D eigenvalue weighted by Gasteiger charge is 2.28. The highest BCUT2D eigenvalue weighted by atomic mass is 32.2. The first kappa shape index (κ1) is 19.9. The fraction of sp³-hybridized carbons (Fsp3) is 0.632. The molecule has 0 bridgehead atoms. The van der Waals surface area contributed by atoms with E-state index in [0.29, 0.717) is 30.3 Å². The van der Waals surface area contributed by atoms with Gasteiger partial charge in [0, 0.05) is 12.8 Å². The molecule has 6 heteroatoms. The molecule has 2 atom stereocenters. The molecule has 2 rings (SSSR count). The minimum Gasteiger partial charge on any atom is -0.489 e. The first-order valence-electron chi connectivity index (χ1n) is 9.10. The van der Waals surface area contributed by atoms with Crippen LogP contribution < -0.4 is 4.74 Å². The maximum absolute atomic E-state index is 12.9. The summed E-state index contributed by atoms with van der Waals surface area (Å²) in [7, 11) is -1.63. The van der Waals surface area contributed by atoms with Gasteiger partial charge in [-0.15, -0.1) is 0 Å². The Hall–Kier alpha value is -1.40. The lowest BCUT2D eigenvalue weighted by atomic mass is 10.1. The number of benzene rings is 1. The number of carbonyl (C=O) groups is 1. The average molecular weight is 368 g/mol. The van der Waals surface area contributed by atoms with E-state index < -0.39 is 22.0 Å². The van der Waals surface area contributed by atoms with Crippen LogP contribution in [0.15, 0.2) is 29.2 Å². The zero-order valence-corrected chi connectivity index (χ0v) is 15.6. The van der Waals surface area contributed by atoms with Crippen LogP contribution in [0.25, 0.3) is 0 Å². The summed E-state index contributed by atoms with van der Waals surface area (Å²) in [6.45, 7) is 3.42. The van der Waals surface area contributed by atoms with E-state index in [0.717, 1.165) is 38.5 Å². The second-order valence-corrected chi connectivity index (χ2v) is 7.95. The largest absolute Gasteiger partial charge is 0.489 e. The van der Waals surface area contributed by atoms with Crippen molar-refractivity contribution in [2.24, 2.45) is 0 Å². The fourth-order valence-electron chi connectivity index (χ4n) is 2.92. The number of para-hydroxylation sites is 1. The van der Waals surface area contributed by atoms with Gasteiger partial charge in [0.05, 0.1) is 28.9 Å². The van der Waals surface area contributed by atoms with Gasteiger partial charge in [0.25, 0.3) is 0 Å². The molecule has 0 radical (unpaired) electrons. The van der Waals surface area contributed by atoms with Gasteiger partial charge in [0.1, 0.15) is 17.1 Å². The second-order valence-electron chi connectivity index (χ2n) is 6.35. The lowest BCUT2D eigenvalue weighted by molar-refractivity contribution is -0.136. The first-order chi connectivity index (χ1) is 12.1. The molecule has 1 aliphatic rings. The summed E-state index contributed by atoms with van der Waals surface area (Å²) in [5, 5.41) is 8.63. The van der Waals surface area contributed by atoms with Crippen molar-refractivity contribution < 1.29 is 23.6 Å². The summed E-state index contributed by atoms with van der Waals surface area (Å²) in [5.74, 6) is -0.469. The van der Waals surface area contributed by atoms with E-state index in [1.807, 2.05) is 6.07 Å². The molecule has 0 aromatic heterocycles. The number of hydrogen-bond donors (Lipinski definition) is 1. The SMILES string of the molecule is CCCCCCC(C(=O)O)S(=O)c1ccccc1OC1CCOCC1. The van der Waals surface area contributed by atoms with Gasteiger partial charge in [0.2, 0.25) is 0 Å². The molecule has 1 fully saturated rings. The van der Waals surface area contributed by atoms with Crippen LogP contribution in [0.1, 0.15) is 51.9 Å². The van der Waals surface area contributed by atoms with Gasteiger partial charge in [-0.2, -0.15) is 0 Å². The topological polar surface area (TPSA) is 72.8 Å². The van der Waals surface area contributed by atoms with E-state index in [2.05, 4.69) is 6.92 Å². The number of hydrogen-bond acceptors (Lipinski definition) is 4. The summed E-state index contributed by atoms with van der Waals surface area (Å²) in [5.41, 5.74) is 0. The summed E-state index contributed by atoms with van der Waals surface area (Å²) >= 11 is 0. The lowest BCUT2D eigenvalue weighted by Crippen LogP contribution is -2.28. The summed E-state index contributed by atoms with van der Waals surface area (Å²) in [4.78, 5) is 12.1. The molecule has 1 heterocycles. The van der Waals surface area contributed by atoms with E-state index >= 15 is 0 Å².